The van der Waals surface area contributed by atoms with Crippen LogP contribution in [-0.4, -0.2) is 38.2 Å². The SMILES string of the molecule is CC(C)(CCCCNc1ccc(C[As]CCCP(=O)(O)O)cc1Cl)c1ccc(F)cc1. The van der Waals surface area contributed by atoms with E-state index in [1.54, 1.807) is 0 Å². The van der Waals surface area contributed by atoms with Gasteiger partial charge in [-0.25, -0.2) is 4.39 Å². The van der Waals surface area contributed by atoms with Crippen LogP contribution in [0.15, 0.2) is 42.5 Å². The van der Waals surface area contributed by atoms with Gasteiger partial charge in [0.1, 0.15) is 5.82 Å². The van der Waals surface area contributed by atoms with Crippen molar-refractivity contribution < 1.29 is 18.7 Å². The number of nitrogens with one attached hydrogen (secondary N) is 1. The van der Waals surface area contributed by atoms with Gasteiger partial charge >= 0.3 is 163 Å². The van der Waals surface area contributed by atoms with Gasteiger partial charge in [0.2, 0.25) is 0 Å². The number of rotatable bonds is 13. The van der Waals surface area contributed by atoms with E-state index in [-0.39, 0.29) is 33.1 Å². The molecule has 1 radical (unpaired) electrons. The zero-order chi connectivity index (χ0) is 22.9. The molecule has 2 aromatic carbocycles. The molecule has 2 aromatic rings. The van der Waals surface area contributed by atoms with Gasteiger partial charge in [0.25, 0.3) is 0 Å². The fourth-order valence-electron chi connectivity index (χ4n) is 3.36. The van der Waals surface area contributed by atoms with E-state index in [4.69, 9.17) is 21.4 Å². The molecule has 0 saturated carbocycles. The fourth-order valence-corrected chi connectivity index (χ4v) is 6.83. The summed E-state index contributed by atoms with van der Waals surface area (Å²) < 4.78 is 24.0. The number of benzene rings is 2. The quantitative estimate of drug-likeness (QED) is 0.163. The first-order chi connectivity index (χ1) is 14.6. The van der Waals surface area contributed by atoms with Crippen LogP contribution in [0, 0.1) is 5.82 Å². The minimum atomic E-state index is -3.86. The van der Waals surface area contributed by atoms with Gasteiger partial charge in [0.05, 0.1) is 0 Å². The predicted molar refractivity (Wildman–Crippen MR) is 129 cm³/mol. The van der Waals surface area contributed by atoms with Crippen molar-refractivity contribution in [1.29, 1.82) is 0 Å². The average molecular weight is 531 g/mol. The van der Waals surface area contributed by atoms with E-state index in [0.717, 1.165) is 47.5 Å². The van der Waals surface area contributed by atoms with Gasteiger partial charge in [0.15, 0.2) is 0 Å². The molecule has 8 heteroatoms. The van der Waals surface area contributed by atoms with E-state index < -0.39 is 7.60 Å². The van der Waals surface area contributed by atoms with E-state index in [1.165, 1.54) is 17.7 Å². The van der Waals surface area contributed by atoms with Crippen LogP contribution < -0.4 is 5.32 Å². The Hall–Kier alpha value is -0.832. The van der Waals surface area contributed by atoms with Crippen LogP contribution in [0.5, 0.6) is 0 Å². The monoisotopic (exact) mass is 530 g/mol. The summed E-state index contributed by atoms with van der Waals surface area (Å²) in [5.74, 6) is -0.201. The van der Waals surface area contributed by atoms with Crippen molar-refractivity contribution in [3.8, 4) is 0 Å². The molecule has 31 heavy (non-hydrogen) atoms. The molecule has 0 atom stereocenters. The Morgan fingerprint density at radius 3 is 2.45 bits per heavy atom. The molecule has 0 aromatic heterocycles. The molecule has 0 aliphatic rings. The van der Waals surface area contributed by atoms with E-state index in [1.807, 2.05) is 24.3 Å². The molecule has 0 unspecified atom stereocenters. The van der Waals surface area contributed by atoms with Crippen LogP contribution in [0.3, 0.4) is 0 Å². The minimum Gasteiger partial charge on any atom is -0.207 e. The summed E-state index contributed by atoms with van der Waals surface area (Å²) in [5.41, 5.74) is 3.28. The molecule has 4 nitrogen and oxygen atoms in total. The van der Waals surface area contributed by atoms with Gasteiger partial charge in [-0.3, -0.25) is 0 Å². The third-order valence-electron chi connectivity index (χ3n) is 5.26. The number of unbranched alkanes of at least 4 members (excludes halogenated alkanes) is 1. The standard InChI is InChI=1S/C23H32AsClFNO3P/c1-23(2,19-7-9-20(26)10-8-19)12-3-4-14-27-22-11-6-18(16-21(22)25)17-24-13-5-15-31(28,29)30/h6-11,16,27H,3-5,12-15,17H2,1-2H3,(H2,28,29,30). The first-order valence-electron chi connectivity index (χ1n) is 10.5. The summed E-state index contributed by atoms with van der Waals surface area (Å²) >= 11 is 6.45. The summed E-state index contributed by atoms with van der Waals surface area (Å²) in [6, 6.07) is 12.9. The molecular formula is C23H32AsClFNO3P. The van der Waals surface area contributed by atoms with Crippen LogP contribution in [0.2, 0.25) is 10.2 Å². The van der Waals surface area contributed by atoms with Crippen molar-refractivity contribution in [3.63, 3.8) is 0 Å². The molecule has 0 aliphatic heterocycles. The molecule has 0 heterocycles. The van der Waals surface area contributed by atoms with Crippen molar-refractivity contribution in [1.82, 2.24) is 0 Å². The van der Waals surface area contributed by atoms with Gasteiger partial charge < -0.3 is 0 Å². The van der Waals surface area contributed by atoms with Crippen LogP contribution >= 0.6 is 19.2 Å². The van der Waals surface area contributed by atoms with Crippen LogP contribution in [0.1, 0.15) is 50.7 Å². The molecule has 0 saturated heterocycles. The molecule has 0 aliphatic carbocycles. The fraction of sp³-hybridized carbons (Fsp3) is 0.478. The summed E-state index contributed by atoms with van der Waals surface area (Å²) in [6.07, 6.45) is 3.67. The normalized spacial score (nSPS) is 12.6. The zero-order valence-corrected chi connectivity index (χ0v) is 21.7. The molecule has 0 bridgehead atoms. The van der Waals surface area contributed by atoms with Crippen molar-refractivity contribution in [2.24, 2.45) is 0 Å². The Bertz CT molecular complexity index is 874. The summed E-state index contributed by atoms with van der Waals surface area (Å²) in [6.45, 7) is 5.22. The number of hydrogen-bond acceptors (Lipinski definition) is 2. The summed E-state index contributed by atoms with van der Waals surface area (Å²) in [5, 5.41) is 5.94. The van der Waals surface area contributed by atoms with E-state index in [2.05, 4.69) is 25.2 Å². The topological polar surface area (TPSA) is 69.6 Å². The molecule has 3 N–H and O–H groups in total. The first-order valence-corrected chi connectivity index (χ1v) is 15.4. The molecular weight excluding hydrogens is 499 g/mol. The van der Waals surface area contributed by atoms with E-state index in [9.17, 15) is 8.96 Å². The Morgan fingerprint density at radius 2 is 1.81 bits per heavy atom. The molecule has 0 spiro atoms. The smallest absolute Gasteiger partial charge is 0.207 e. The Kier molecular flexibility index (Phi) is 10.6. The van der Waals surface area contributed by atoms with Gasteiger partial charge in [-0.15, -0.1) is 0 Å². The minimum absolute atomic E-state index is 0.0148. The molecule has 0 fully saturated rings. The number of hydrogen-bond donors (Lipinski definition) is 3. The average Bonchev–Trinajstić information content (AvgIpc) is 2.68. The summed E-state index contributed by atoms with van der Waals surface area (Å²) in [7, 11) is -3.86. The molecule has 171 valence electrons. The van der Waals surface area contributed by atoms with Gasteiger partial charge in [-0.2, -0.15) is 0 Å². The van der Waals surface area contributed by atoms with Crippen molar-refractivity contribution in [3.05, 3.63) is 64.4 Å². The second-order valence-corrected chi connectivity index (χ2v) is 13.2. The van der Waals surface area contributed by atoms with Gasteiger partial charge in [-0.05, 0) is 12.1 Å². The second-order valence-electron chi connectivity index (χ2n) is 8.44. The third-order valence-corrected chi connectivity index (χ3v) is 9.04. The zero-order valence-electron chi connectivity index (χ0n) is 18.2. The van der Waals surface area contributed by atoms with Crippen molar-refractivity contribution in [2.45, 2.75) is 55.4 Å². The van der Waals surface area contributed by atoms with Crippen LogP contribution in [0.25, 0.3) is 0 Å². The number of halogens is 2. The maximum atomic E-state index is 13.1. The van der Waals surface area contributed by atoms with Crippen molar-refractivity contribution >= 4 is 40.6 Å². The van der Waals surface area contributed by atoms with E-state index in [0.29, 0.717) is 11.4 Å². The maximum absolute atomic E-state index is 13.1. The Morgan fingerprint density at radius 1 is 1.10 bits per heavy atom. The number of anilines is 1. The first kappa shape index (κ1) is 26.4. The Balaban J connectivity index is 1.69. The molecule has 0 amide bonds. The van der Waals surface area contributed by atoms with Gasteiger partial charge in [0, 0.05) is 0 Å². The molecule has 2 rings (SSSR count). The van der Waals surface area contributed by atoms with Crippen molar-refractivity contribution in [2.75, 3.05) is 18.0 Å². The second kappa shape index (κ2) is 12.4. The van der Waals surface area contributed by atoms with Gasteiger partial charge in [-0.1, -0.05) is 12.1 Å². The van der Waals surface area contributed by atoms with E-state index >= 15 is 0 Å². The van der Waals surface area contributed by atoms with Crippen LogP contribution in [-0.2, 0) is 15.2 Å². The van der Waals surface area contributed by atoms with Crippen LogP contribution in [0.4, 0.5) is 10.1 Å². The Labute approximate surface area is 196 Å². The predicted octanol–water partition coefficient (Wildman–Crippen LogP) is 6.23. The summed E-state index contributed by atoms with van der Waals surface area (Å²) in [4.78, 5) is 17.8. The third kappa shape index (κ3) is 10.1.